The molecule has 5 atom stereocenters. The van der Waals surface area contributed by atoms with Crippen LogP contribution in [0.1, 0.15) is 65.7 Å². The van der Waals surface area contributed by atoms with Crippen LogP contribution in [0, 0.1) is 17.3 Å². The highest BCUT2D eigenvalue weighted by atomic mass is 16.4. The number of carboxylic acids is 1. The van der Waals surface area contributed by atoms with E-state index in [0.717, 1.165) is 6.42 Å². The fourth-order valence-electron chi connectivity index (χ4n) is 5.46. The molecule has 1 heterocycles. The Hall–Kier alpha value is -0.570. The molecule has 0 aromatic heterocycles. The topological polar surface area (TPSA) is 40.5 Å². The summed E-state index contributed by atoms with van der Waals surface area (Å²) in [7, 11) is 0. The Bertz CT molecular complexity index is 392. The van der Waals surface area contributed by atoms with Crippen LogP contribution < -0.4 is 0 Å². The molecule has 0 spiro atoms. The van der Waals surface area contributed by atoms with E-state index >= 15 is 0 Å². The molecular formula is C17H29NO2. The number of aliphatic carboxylic acids is 1. The minimum Gasteiger partial charge on any atom is -0.480 e. The number of hydrogen-bond donors (Lipinski definition) is 1. The third-order valence-corrected chi connectivity index (χ3v) is 6.10. The van der Waals surface area contributed by atoms with Gasteiger partial charge >= 0.3 is 5.97 Å². The van der Waals surface area contributed by atoms with Gasteiger partial charge in [0.25, 0.3) is 0 Å². The van der Waals surface area contributed by atoms with Crippen molar-refractivity contribution >= 4 is 5.97 Å². The zero-order chi connectivity index (χ0) is 14.5. The fourth-order valence-corrected chi connectivity index (χ4v) is 5.46. The van der Waals surface area contributed by atoms with Crippen molar-refractivity contribution in [1.29, 1.82) is 0 Å². The van der Waals surface area contributed by atoms with E-state index < -0.39 is 5.97 Å². The molecule has 1 saturated heterocycles. The van der Waals surface area contributed by atoms with Crippen LogP contribution in [0.3, 0.4) is 0 Å². The van der Waals surface area contributed by atoms with E-state index in [1.165, 1.54) is 38.5 Å². The van der Waals surface area contributed by atoms with E-state index in [1.807, 2.05) is 0 Å². The van der Waals surface area contributed by atoms with Gasteiger partial charge in [0, 0.05) is 12.1 Å². The van der Waals surface area contributed by atoms with Crippen LogP contribution in [-0.2, 0) is 4.79 Å². The van der Waals surface area contributed by atoms with Crippen LogP contribution in [0.25, 0.3) is 0 Å². The van der Waals surface area contributed by atoms with Crippen LogP contribution in [-0.4, -0.2) is 34.1 Å². The lowest BCUT2D eigenvalue weighted by Crippen LogP contribution is -2.49. The first kappa shape index (κ1) is 14.4. The lowest BCUT2D eigenvalue weighted by molar-refractivity contribution is -0.144. The first-order valence-corrected chi connectivity index (χ1v) is 8.39. The molecule has 1 aliphatic heterocycles. The number of rotatable bonds is 2. The molecule has 2 aliphatic carbocycles. The maximum atomic E-state index is 11.7. The maximum absolute atomic E-state index is 11.7. The molecule has 0 aromatic carbocycles. The van der Waals surface area contributed by atoms with Crippen molar-refractivity contribution in [3.8, 4) is 0 Å². The Morgan fingerprint density at radius 1 is 1.15 bits per heavy atom. The third-order valence-electron chi connectivity index (χ3n) is 6.10. The number of carbonyl (C=O) groups is 1. The van der Waals surface area contributed by atoms with Crippen molar-refractivity contribution < 1.29 is 9.90 Å². The zero-order valence-corrected chi connectivity index (χ0v) is 13.1. The predicted octanol–water partition coefficient (Wildman–Crippen LogP) is 3.53. The second-order valence-electron chi connectivity index (χ2n) is 8.27. The number of likely N-dealkylation sites (tertiary alicyclic amines) is 1. The number of carboxylic acid groups (broad SMARTS) is 1. The average molecular weight is 279 g/mol. The Balaban J connectivity index is 1.86. The van der Waals surface area contributed by atoms with Gasteiger partial charge in [-0.2, -0.15) is 0 Å². The quantitative estimate of drug-likeness (QED) is 0.840. The summed E-state index contributed by atoms with van der Waals surface area (Å²) in [5.74, 6) is 0.685. The molecule has 3 rings (SSSR count). The molecular weight excluding hydrogens is 250 g/mol. The minimum atomic E-state index is -0.587. The van der Waals surface area contributed by atoms with Crippen molar-refractivity contribution in [2.75, 3.05) is 0 Å². The maximum Gasteiger partial charge on any atom is 0.320 e. The summed E-state index contributed by atoms with van der Waals surface area (Å²) in [4.78, 5) is 14.2. The lowest BCUT2D eigenvalue weighted by atomic mass is 9.84. The van der Waals surface area contributed by atoms with Crippen LogP contribution in [0.2, 0.25) is 0 Å². The van der Waals surface area contributed by atoms with Gasteiger partial charge in [0.05, 0.1) is 0 Å². The van der Waals surface area contributed by atoms with Crippen molar-refractivity contribution in [3.05, 3.63) is 0 Å². The summed E-state index contributed by atoms with van der Waals surface area (Å²) in [6.45, 7) is 7.01. The number of hydrogen-bond acceptors (Lipinski definition) is 2. The summed E-state index contributed by atoms with van der Waals surface area (Å²) in [5, 5.41) is 9.67. The van der Waals surface area contributed by atoms with E-state index in [9.17, 15) is 9.90 Å². The molecule has 1 N–H and O–H groups in total. The predicted molar refractivity (Wildman–Crippen MR) is 79.6 cm³/mol. The molecule has 5 unspecified atom stereocenters. The van der Waals surface area contributed by atoms with Gasteiger partial charge < -0.3 is 5.11 Å². The first-order chi connectivity index (χ1) is 9.39. The average Bonchev–Trinajstić information content (AvgIpc) is 2.86. The Kier molecular flexibility index (Phi) is 3.60. The summed E-state index contributed by atoms with van der Waals surface area (Å²) in [6, 6.07) is 0.815. The summed E-state index contributed by atoms with van der Waals surface area (Å²) >= 11 is 0. The van der Waals surface area contributed by atoms with Gasteiger partial charge in [-0.15, -0.1) is 0 Å². The monoisotopic (exact) mass is 279 g/mol. The smallest absolute Gasteiger partial charge is 0.320 e. The van der Waals surface area contributed by atoms with Crippen LogP contribution in [0.15, 0.2) is 0 Å². The number of nitrogens with zero attached hydrogens (tertiary/aromatic N) is 1. The fraction of sp³-hybridized carbons (Fsp3) is 0.941. The van der Waals surface area contributed by atoms with E-state index in [-0.39, 0.29) is 6.04 Å². The zero-order valence-electron chi connectivity index (χ0n) is 13.1. The van der Waals surface area contributed by atoms with Gasteiger partial charge in [0.2, 0.25) is 0 Å². The molecule has 0 aromatic rings. The molecule has 0 amide bonds. The van der Waals surface area contributed by atoms with E-state index in [1.54, 1.807) is 0 Å². The highest BCUT2D eigenvalue weighted by Crippen LogP contribution is 2.49. The van der Waals surface area contributed by atoms with E-state index in [2.05, 4.69) is 25.7 Å². The van der Waals surface area contributed by atoms with Crippen molar-refractivity contribution in [2.24, 2.45) is 17.3 Å². The standard InChI is InChI=1S/C17H29NO2/c1-11-9-17(2,3)10-15(11)18-13-7-5-4-6-12(13)8-14(18)16(19)20/h11-15H,4-10H2,1-3H3,(H,19,20). The summed E-state index contributed by atoms with van der Waals surface area (Å²) in [6.07, 6.45) is 8.35. The van der Waals surface area contributed by atoms with Crippen LogP contribution in [0.4, 0.5) is 0 Å². The lowest BCUT2D eigenvalue weighted by Gasteiger charge is -2.39. The second kappa shape index (κ2) is 5.01. The largest absolute Gasteiger partial charge is 0.480 e. The molecule has 2 saturated carbocycles. The SMILES string of the molecule is CC1CC(C)(C)CC1N1C(C(=O)O)CC2CCCCC21. The first-order valence-electron chi connectivity index (χ1n) is 8.39. The summed E-state index contributed by atoms with van der Waals surface area (Å²) < 4.78 is 0. The van der Waals surface area contributed by atoms with Crippen molar-refractivity contribution in [1.82, 2.24) is 4.90 Å². The summed E-state index contributed by atoms with van der Waals surface area (Å²) in [5.41, 5.74) is 0.375. The highest BCUT2D eigenvalue weighted by molar-refractivity contribution is 5.74. The van der Waals surface area contributed by atoms with Gasteiger partial charge in [0.1, 0.15) is 6.04 Å². The van der Waals surface area contributed by atoms with Gasteiger partial charge in [-0.3, -0.25) is 9.69 Å². The third kappa shape index (κ3) is 2.38. The molecule has 0 bridgehead atoms. The molecule has 3 nitrogen and oxygen atoms in total. The van der Waals surface area contributed by atoms with Crippen LogP contribution >= 0.6 is 0 Å². The molecule has 114 valence electrons. The molecule has 3 aliphatic rings. The molecule has 20 heavy (non-hydrogen) atoms. The Morgan fingerprint density at radius 3 is 2.45 bits per heavy atom. The minimum absolute atomic E-state index is 0.218. The number of fused-ring (bicyclic) bond motifs is 1. The molecule has 3 fully saturated rings. The second-order valence-corrected chi connectivity index (χ2v) is 8.27. The van der Waals surface area contributed by atoms with Gasteiger partial charge in [-0.25, -0.2) is 0 Å². The van der Waals surface area contributed by atoms with Gasteiger partial charge in [0.15, 0.2) is 0 Å². The molecule has 3 heteroatoms. The Morgan fingerprint density at radius 2 is 1.85 bits per heavy atom. The van der Waals surface area contributed by atoms with Crippen molar-refractivity contribution in [3.63, 3.8) is 0 Å². The van der Waals surface area contributed by atoms with Crippen molar-refractivity contribution in [2.45, 2.75) is 83.8 Å². The van der Waals surface area contributed by atoms with E-state index in [4.69, 9.17) is 0 Å². The van der Waals surface area contributed by atoms with Gasteiger partial charge in [-0.1, -0.05) is 33.6 Å². The van der Waals surface area contributed by atoms with Gasteiger partial charge in [-0.05, 0) is 49.4 Å². The Labute approximate surface area is 122 Å². The normalized spacial score (nSPS) is 44.5. The molecule has 0 radical (unpaired) electrons. The van der Waals surface area contributed by atoms with E-state index in [0.29, 0.717) is 29.3 Å². The highest BCUT2D eigenvalue weighted by Gasteiger charge is 2.51. The van der Waals surface area contributed by atoms with Crippen LogP contribution in [0.5, 0.6) is 0 Å².